The first kappa shape index (κ1) is 11.3. The lowest BCUT2D eigenvalue weighted by Gasteiger charge is -2.14. The fourth-order valence-corrected chi connectivity index (χ4v) is 1.84. The van der Waals surface area contributed by atoms with Crippen molar-refractivity contribution in [3.8, 4) is 0 Å². The van der Waals surface area contributed by atoms with Crippen LogP contribution in [0.1, 0.15) is 22.3 Å². The molecule has 0 atom stereocenters. The summed E-state index contributed by atoms with van der Waals surface area (Å²) in [6.07, 6.45) is -0.174. The van der Waals surface area contributed by atoms with Gasteiger partial charge in [0.1, 0.15) is 0 Å². The molecule has 0 unspecified atom stereocenters. The molecule has 0 fully saturated rings. The minimum absolute atomic E-state index is 0.0238. The van der Waals surface area contributed by atoms with E-state index in [1.165, 1.54) is 4.90 Å². The smallest absolute Gasteiger partial charge is 0.305 e. The summed E-state index contributed by atoms with van der Waals surface area (Å²) >= 11 is 0. The molecule has 1 heterocycles. The Balaban J connectivity index is 2.34. The Morgan fingerprint density at radius 3 is 2.71 bits per heavy atom. The van der Waals surface area contributed by atoms with Crippen LogP contribution in [0.3, 0.4) is 0 Å². The average molecular weight is 233 g/mol. The molecule has 1 amide bonds. The number of rotatable bonds is 3. The Morgan fingerprint density at radius 2 is 2.06 bits per heavy atom. The molecule has 0 saturated heterocycles. The maximum absolute atomic E-state index is 11.7. The van der Waals surface area contributed by atoms with Crippen molar-refractivity contribution in [2.24, 2.45) is 0 Å². The Morgan fingerprint density at radius 1 is 1.35 bits per heavy atom. The third-order valence-corrected chi connectivity index (χ3v) is 2.68. The number of amides is 1. The van der Waals surface area contributed by atoms with Crippen molar-refractivity contribution in [3.63, 3.8) is 0 Å². The fourth-order valence-electron chi connectivity index (χ4n) is 1.84. The number of aryl methyl sites for hydroxylation is 1. The van der Waals surface area contributed by atoms with Crippen LogP contribution in [0.2, 0.25) is 0 Å². The van der Waals surface area contributed by atoms with E-state index in [0.29, 0.717) is 11.3 Å². The number of anilines is 1. The lowest BCUT2D eigenvalue weighted by Crippen LogP contribution is -2.31. The summed E-state index contributed by atoms with van der Waals surface area (Å²) in [6.45, 7) is 1.86. The molecule has 5 nitrogen and oxygen atoms in total. The monoisotopic (exact) mass is 233 g/mol. The summed E-state index contributed by atoms with van der Waals surface area (Å²) in [5.41, 5.74) is 1.76. The van der Waals surface area contributed by atoms with Gasteiger partial charge in [0.05, 0.1) is 17.7 Å². The molecule has 1 N–H and O–H groups in total. The van der Waals surface area contributed by atoms with Crippen molar-refractivity contribution in [1.29, 1.82) is 0 Å². The molecule has 0 aromatic heterocycles. The minimum atomic E-state index is -0.995. The number of carboxylic acid groups (broad SMARTS) is 1. The number of fused-ring (bicyclic) bond motifs is 1. The van der Waals surface area contributed by atoms with Crippen LogP contribution in [0.5, 0.6) is 0 Å². The van der Waals surface area contributed by atoms with Gasteiger partial charge < -0.3 is 10.0 Å². The van der Waals surface area contributed by atoms with Crippen molar-refractivity contribution < 1.29 is 19.5 Å². The van der Waals surface area contributed by atoms with E-state index >= 15 is 0 Å². The molecule has 0 spiro atoms. The number of Topliss-reactive ketones (excluding diaryl/α,β-unsaturated/α-hetero) is 1. The zero-order chi connectivity index (χ0) is 12.6. The molecule has 2 rings (SSSR count). The van der Waals surface area contributed by atoms with Crippen LogP contribution in [0.15, 0.2) is 18.2 Å². The van der Waals surface area contributed by atoms with E-state index < -0.39 is 17.7 Å². The van der Waals surface area contributed by atoms with Gasteiger partial charge in [-0.15, -0.1) is 0 Å². The van der Waals surface area contributed by atoms with Gasteiger partial charge in [0.2, 0.25) is 0 Å². The molecule has 0 radical (unpaired) electrons. The lowest BCUT2D eigenvalue weighted by molar-refractivity contribution is -0.136. The zero-order valence-corrected chi connectivity index (χ0v) is 9.27. The number of ketones is 1. The first-order chi connectivity index (χ1) is 8.00. The first-order valence-electron chi connectivity index (χ1n) is 5.19. The average Bonchev–Trinajstić information content (AvgIpc) is 2.50. The molecule has 88 valence electrons. The highest BCUT2D eigenvalue weighted by molar-refractivity contribution is 6.52. The summed E-state index contributed by atoms with van der Waals surface area (Å²) in [7, 11) is 0. The summed E-state index contributed by atoms with van der Waals surface area (Å²) in [4.78, 5) is 35.0. The summed E-state index contributed by atoms with van der Waals surface area (Å²) in [5.74, 6) is -2.20. The SMILES string of the molecule is Cc1ccc2c(c1)C(=O)C(=O)N2CCC(=O)O. The molecule has 0 saturated carbocycles. The largest absolute Gasteiger partial charge is 0.481 e. The van der Waals surface area contributed by atoms with E-state index in [1.54, 1.807) is 18.2 Å². The van der Waals surface area contributed by atoms with E-state index in [1.807, 2.05) is 6.92 Å². The number of nitrogens with zero attached hydrogens (tertiary/aromatic N) is 1. The highest BCUT2D eigenvalue weighted by atomic mass is 16.4. The number of carbonyl (C=O) groups excluding carboxylic acids is 2. The normalized spacial score (nSPS) is 14.1. The summed E-state index contributed by atoms with van der Waals surface area (Å²) < 4.78 is 0. The maximum atomic E-state index is 11.7. The number of carbonyl (C=O) groups is 3. The molecule has 1 aromatic rings. The minimum Gasteiger partial charge on any atom is -0.481 e. The lowest BCUT2D eigenvalue weighted by atomic mass is 10.1. The molecule has 1 aromatic carbocycles. The third-order valence-electron chi connectivity index (χ3n) is 2.68. The number of benzene rings is 1. The summed E-state index contributed by atoms with van der Waals surface area (Å²) in [5, 5.41) is 8.60. The second-order valence-electron chi connectivity index (χ2n) is 3.95. The van der Waals surface area contributed by atoms with Crippen LogP contribution >= 0.6 is 0 Å². The van der Waals surface area contributed by atoms with Gasteiger partial charge in [0.25, 0.3) is 11.7 Å². The zero-order valence-electron chi connectivity index (χ0n) is 9.27. The second kappa shape index (κ2) is 4.01. The molecular formula is C12H11NO4. The molecular weight excluding hydrogens is 222 g/mol. The molecule has 0 bridgehead atoms. The van der Waals surface area contributed by atoms with E-state index in [2.05, 4.69) is 0 Å². The van der Waals surface area contributed by atoms with Crippen molar-refractivity contribution in [2.45, 2.75) is 13.3 Å². The van der Waals surface area contributed by atoms with E-state index in [9.17, 15) is 14.4 Å². The van der Waals surface area contributed by atoms with E-state index in [4.69, 9.17) is 5.11 Å². The van der Waals surface area contributed by atoms with E-state index in [0.717, 1.165) is 5.56 Å². The Labute approximate surface area is 97.7 Å². The number of hydrogen-bond donors (Lipinski definition) is 1. The molecule has 1 aliphatic rings. The molecule has 17 heavy (non-hydrogen) atoms. The topological polar surface area (TPSA) is 74.7 Å². The van der Waals surface area contributed by atoms with Crippen molar-refractivity contribution in [2.75, 3.05) is 11.4 Å². The summed E-state index contributed by atoms with van der Waals surface area (Å²) in [6, 6.07) is 5.12. The van der Waals surface area contributed by atoms with Gasteiger partial charge in [-0.1, -0.05) is 11.6 Å². The van der Waals surface area contributed by atoms with Crippen LogP contribution in [0.25, 0.3) is 0 Å². The third kappa shape index (κ3) is 1.91. The first-order valence-corrected chi connectivity index (χ1v) is 5.19. The van der Waals surface area contributed by atoms with Crippen molar-refractivity contribution >= 4 is 23.3 Å². The van der Waals surface area contributed by atoms with Crippen LogP contribution in [-0.4, -0.2) is 29.3 Å². The number of aliphatic carboxylic acids is 1. The predicted octanol–water partition coefficient (Wildman–Crippen LogP) is 0.999. The fraction of sp³-hybridized carbons (Fsp3) is 0.250. The van der Waals surface area contributed by atoms with Crippen molar-refractivity contribution in [1.82, 2.24) is 0 Å². The highest BCUT2D eigenvalue weighted by Gasteiger charge is 2.35. The van der Waals surface area contributed by atoms with E-state index in [-0.39, 0.29) is 13.0 Å². The molecule has 5 heteroatoms. The van der Waals surface area contributed by atoms with Crippen LogP contribution in [0, 0.1) is 6.92 Å². The van der Waals surface area contributed by atoms with Crippen LogP contribution < -0.4 is 4.90 Å². The standard InChI is InChI=1S/C12H11NO4/c1-7-2-3-9-8(6-7)11(16)12(17)13(9)5-4-10(14)15/h2-3,6H,4-5H2,1H3,(H,14,15). The van der Waals surface area contributed by atoms with Crippen LogP contribution in [0.4, 0.5) is 5.69 Å². The van der Waals surface area contributed by atoms with Gasteiger partial charge in [0.15, 0.2) is 0 Å². The van der Waals surface area contributed by atoms with Gasteiger partial charge in [0, 0.05) is 6.54 Å². The maximum Gasteiger partial charge on any atom is 0.305 e. The Kier molecular flexibility index (Phi) is 2.67. The molecule has 1 aliphatic heterocycles. The van der Waals surface area contributed by atoms with Gasteiger partial charge in [-0.25, -0.2) is 0 Å². The second-order valence-corrected chi connectivity index (χ2v) is 3.95. The van der Waals surface area contributed by atoms with Gasteiger partial charge in [-0.3, -0.25) is 14.4 Å². The number of hydrogen-bond acceptors (Lipinski definition) is 3. The highest BCUT2D eigenvalue weighted by Crippen LogP contribution is 2.29. The quantitative estimate of drug-likeness (QED) is 0.790. The Bertz CT molecular complexity index is 521. The molecule has 0 aliphatic carbocycles. The van der Waals surface area contributed by atoms with Crippen molar-refractivity contribution in [3.05, 3.63) is 29.3 Å². The van der Waals surface area contributed by atoms with Gasteiger partial charge >= 0.3 is 5.97 Å². The van der Waals surface area contributed by atoms with Gasteiger partial charge in [-0.2, -0.15) is 0 Å². The Hall–Kier alpha value is -2.17. The predicted molar refractivity (Wildman–Crippen MR) is 60.1 cm³/mol. The van der Waals surface area contributed by atoms with Gasteiger partial charge in [-0.05, 0) is 19.1 Å². The van der Waals surface area contributed by atoms with Crippen LogP contribution in [-0.2, 0) is 9.59 Å². The number of carboxylic acids is 1.